The van der Waals surface area contributed by atoms with Gasteiger partial charge in [-0.1, -0.05) is 0 Å². The van der Waals surface area contributed by atoms with Crippen molar-refractivity contribution >= 4 is 17.6 Å². The van der Waals surface area contributed by atoms with Gasteiger partial charge in [-0.25, -0.2) is 4.98 Å². The second-order valence-corrected chi connectivity index (χ2v) is 7.93. The minimum Gasteiger partial charge on any atom is -0.463 e. The zero-order valence-corrected chi connectivity index (χ0v) is 18.5. The van der Waals surface area contributed by atoms with Gasteiger partial charge in [-0.05, 0) is 44.0 Å². The van der Waals surface area contributed by atoms with Crippen LogP contribution in [-0.4, -0.2) is 45.9 Å². The fraction of sp³-hybridized carbons (Fsp3) is 0.333. The summed E-state index contributed by atoms with van der Waals surface area (Å²) in [5.41, 5.74) is 8.13. The number of hydrogen-bond acceptors (Lipinski definition) is 6. The first-order valence-electron chi connectivity index (χ1n) is 11.1. The van der Waals surface area contributed by atoms with Gasteiger partial charge in [0, 0.05) is 56.0 Å². The fourth-order valence-corrected chi connectivity index (χ4v) is 3.98. The Morgan fingerprint density at radius 3 is 2.82 bits per heavy atom. The van der Waals surface area contributed by atoms with Crippen LogP contribution in [0, 0.1) is 0 Å². The molecule has 1 saturated heterocycles. The molecule has 172 valence electrons. The van der Waals surface area contributed by atoms with E-state index in [1.165, 1.54) is 12.3 Å². The van der Waals surface area contributed by atoms with E-state index in [1.54, 1.807) is 35.0 Å². The summed E-state index contributed by atoms with van der Waals surface area (Å²) < 4.78 is 7.12. The van der Waals surface area contributed by atoms with Crippen molar-refractivity contribution in [2.75, 3.05) is 25.4 Å². The number of pyridine rings is 2. The molecule has 0 unspecified atom stereocenters. The summed E-state index contributed by atoms with van der Waals surface area (Å²) in [5.74, 6) is 0.416. The molecule has 0 aliphatic carbocycles. The number of nitrogens with two attached hydrogens (primary N) is 1. The molecule has 3 aromatic heterocycles. The van der Waals surface area contributed by atoms with Crippen LogP contribution >= 0.6 is 0 Å². The van der Waals surface area contributed by atoms with Gasteiger partial charge in [-0.15, -0.1) is 0 Å². The third-order valence-electron chi connectivity index (χ3n) is 5.75. The molecule has 1 fully saturated rings. The molecule has 0 atom stereocenters. The van der Waals surface area contributed by atoms with Crippen molar-refractivity contribution in [3.05, 3.63) is 58.7 Å². The zero-order valence-electron chi connectivity index (χ0n) is 18.5. The molecule has 4 heterocycles. The van der Waals surface area contributed by atoms with Crippen LogP contribution in [0.4, 0.5) is 5.82 Å². The highest BCUT2D eigenvalue weighted by atomic mass is 16.3. The van der Waals surface area contributed by atoms with E-state index >= 15 is 0 Å². The minimum absolute atomic E-state index is 0.0844. The Morgan fingerprint density at radius 1 is 1.27 bits per heavy atom. The topological polar surface area (TPSA) is 123 Å². The number of aromatic nitrogens is 2. The van der Waals surface area contributed by atoms with Crippen molar-refractivity contribution in [1.29, 1.82) is 0 Å². The van der Waals surface area contributed by atoms with Crippen LogP contribution in [0.15, 0.2) is 52.0 Å². The molecule has 2 amide bonds. The van der Waals surface area contributed by atoms with Gasteiger partial charge in [0.25, 0.3) is 11.5 Å². The van der Waals surface area contributed by atoms with Gasteiger partial charge in [0.2, 0.25) is 5.91 Å². The van der Waals surface area contributed by atoms with Crippen molar-refractivity contribution in [2.45, 2.75) is 32.7 Å². The van der Waals surface area contributed by atoms with Crippen molar-refractivity contribution in [3.63, 3.8) is 0 Å². The SMILES string of the molecule is CCn1cc(-c2cc(C(=O)NCCCN3CCCC3=O)c(N)nc2-c2ccco2)ccc1=O. The Hall–Kier alpha value is -3.88. The van der Waals surface area contributed by atoms with Gasteiger partial charge in [0.15, 0.2) is 5.76 Å². The van der Waals surface area contributed by atoms with E-state index in [0.29, 0.717) is 49.5 Å². The van der Waals surface area contributed by atoms with Crippen LogP contribution in [0.5, 0.6) is 0 Å². The maximum Gasteiger partial charge on any atom is 0.255 e. The van der Waals surface area contributed by atoms with Crippen molar-refractivity contribution in [2.24, 2.45) is 0 Å². The first-order chi connectivity index (χ1) is 16.0. The molecule has 9 heteroatoms. The molecule has 0 saturated carbocycles. The fourth-order valence-electron chi connectivity index (χ4n) is 3.98. The van der Waals surface area contributed by atoms with Crippen molar-refractivity contribution in [3.8, 4) is 22.6 Å². The van der Waals surface area contributed by atoms with Gasteiger partial charge >= 0.3 is 0 Å². The third kappa shape index (κ3) is 4.82. The second-order valence-electron chi connectivity index (χ2n) is 7.93. The first kappa shape index (κ1) is 22.3. The average Bonchev–Trinajstić information content (AvgIpc) is 3.49. The number of furan rings is 1. The molecule has 0 spiro atoms. The molecule has 1 aliphatic rings. The van der Waals surface area contributed by atoms with E-state index in [4.69, 9.17) is 10.2 Å². The molecule has 3 N–H and O–H groups in total. The minimum atomic E-state index is -0.344. The van der Waals surface area contributed by atoms with Crippen LogP contribution in [-0.2, 0) is 11.3 Å². The molecule has 4 rings (SSSR count). The highest BCUT2D eigenvalue weighted by molar-refractivity contribution is 6.00. The van der Waals surface area contributed by atoms with Gasteiger partial charge in [-0.3, -0.25) is 14.4 Å². The Kier molecular flexibility index (Phi) is 6.58. The van der Waals surface area contributed by atoms with Crippen LogP contribution in [0.25, 0.3) is 22.6 Å². The van der Waals surface area contributed by atoms with Crippen LogP contribution < -0.4 is 16.6 Å². The van der Waals surface area contributed by atoms with Crippen LogP contribution in [0.1, 0.15) is 36.5 Å². The number of carbonyl (C=O) groups excluding carboxylic acids is 2. The lowest BCUT2D eigenvalue weighted by Crippen LogP contribution is -2.31. The number of anilines is 1. The Morgan fingerprint density at radius 2 is 2.12 bits per heavy atom. The van der Waals surface area contributed by atoms with E-state index < -0.39 is 0 Å². The van der Waals surface area contributed by atoms with E-state index in [1.807, 2.05) is 11.8 Å². The molecule has 0 bridgehead atoms. The summed E-state index contributed by atoms with van der Waals surface area (Å²) in [6.45, 7) is 4.21. The predicted octanol–water partition coefficient (Wildman–Crippen LogP) is 2.51. The second kappa shape index (κ2) is 9.72. The quantitative estimate of drug-likeness (QED) is 0.510. The van der Waals surface area contributed by atoms with Crippen molar-refractivity contribution in [1.82, 2.24) is 19.8 Å². The van der Waals surface area contributed by atoms with Gasteiger partial charge < -0.3 is 24.9 Å². The maximum absolute atomic E-state index is 12.9. The summed E-state index contributed by atoms with van der Waals surface area (Å²) in [5, 5.41) is 2.87. The molecule has 0 aromatic carbocycles. The summed E-state index contributed by atoms with van der Waals surface area (Å²) in [6, 6.07) is 8.37. The Balaban J connectivity index is 1.60. The monoisotopic (exact) mass is 449 g/mol. The number of rotatable bonds is 8. The maximum atomic E-state index is 12.9. The Bertz CT molecular complexity index is 1220. The van der Waals surface area contributed by atoms with E-state index in [2.05, 4.69) is 10.3 Å². The number of amides is 2. The lowest BCUT2D eigenvalue weighted by molar-refractivity contribution is -0.127. The number of likely N-dealkylation sites (tertiary alicyclic amines) is 1. The average molecular weight is 450 g/mol. The molecule has 33 heavy (non-hydrogen) atoms. The lowest BCUT2D eigenvalue weighted by atomic mass is 10.0. The van der Waals surface area contributed by atoms with Crippen LogP contribution in [0.3, 0.4) is 0 Å². The summed E-state index contributed by atoms with van der Waals surface area (Å²) in [6.07, 6.45) is 5.42. The molecular weight excluding hydrogens is 422 g/mol. The number of nitrogen functional groups attached to an aromatic ring is 1. The smallest absolute Gasteiger partial charge is 0.255 e. The van der Waals surface area contributed by atoms with Gasteiger partial charge in [0.05, 0.1) is 11.8 Å². The van der Waals surface area contributed by atoms with E-state index in [-0.39, 0.29) is 28.8 Å². The normalized spacial score (nSPS) is 13.5. The number of nitrogens with one attached hydrogen (secondary N) is 1. The molecule has 0 radical (unpaired) electrons. The third-order valence-corrected chi connectivity index (χ3v) is 5.75. The predicted molar refractivity (Wildman–Crippen MR) is 124 cm³/mol. The Labute approximate surface area is 191 Å². The number of aryl methyl sites for hydroxylation is 1. The highest BCUT2D eigenvalue weighted by Gasteiger charge is 2.21. The summed E-state index contributed by atoms with van der Waals surface area (Å²) >= 11 is 0. The molecule has 9 nitrogen and oxygen atoms in total. The summed E-state index contributed by atoms with van der Waals surface area (Å²) in [7, 11) is 0. The lowest BCUT2D eigenvalue weighted by Gasteiger charge is -2.16. The zero-order chi connectivity index (χ0) is 23.4. The molecule has 1 aliphatic heterocycles. The van der Waals surface area contributed by atoms with Gasteiger partial charge in [-0.2, -0.15) is 0 Å². The van der Waals surface area contributed by atoms with Crippen molar-refractivity contribution < 1.29 is 14.0 Å². The molecular formula is C24H27N5O4. The van der Waals surface area contributed by atoms with Crippen LogP contribution in [0.2, 0.25) is 0 Å². The standard InChI is InChI=1S/C24H27N5O4/c1-2-28-15-16(8-9-21(28)31)17-14-18(23(25)27-22(17)19-6-4-13-33-19)24(32)26-10-5-12-29-11-3-7-20(29)30/h4,6,8-9,13-15H,2-3,5,7,10-12H2,1H3,(H2,25,27)(H,26,32). The van der Waals surface area contributed by atoms with E-state index in [9.17, 15) is 14.4 Å². The molecule has 3 aromatic rings. The van der Waals surface area contributed by atoms with E-state index in [0.717, 1.165) is 18.5 Å². The number of carbonyl (C=O) groups is 2. The number of nitrogens with zero attached hydrogens (tertiary/aromatic N) is 3. The first-order valence-corrected chi connectivity index (χ1v) is 11.1. The van der Waals surface area contributed by atoms with Gasteiger partial charge in [0.1, 0.15) is 11.5 Å². The largest absolute Gasteiger partial charge is 0.463 e. The highest BCUT2D eigenvalue weighted by Crippen LogP contribution is 2.33. The summed E-state index contributed by atoms with van der Waals surface area (Å²) in [4.78, 5) is 43.0. The number of hydrogen-bond donors (Lipinski definition) is 2.